The maximum absolute atomic E-state index is 13.3. The van der Waals surface area contributed by atoms with Gasteiger partial charge < -0.3 is 10.5 Å². The zero-order valence-corrected chi connectivity index (χ0v) is 11.2. The molecule has 0 amide bonds. The van der Waals surface area contributed by atoms with Gasteiger partial charge in [0.25, 0.3) is 0 Å². The number of ether oxygens (including phenoxy) is 1. The summed E-state index contributed by atoms with van der Waals surface area (Å²) in [5.74, 6) is -4.29. The molecule has 0 atom stereocenters. The molecular weight excluding hydrogens is 308 g/mol. The molecule has 0 bridgehead atoms. The van der Waals surface area contributed by atoms with Gasteiger partial charge in [-0.15, -0.1) is 0 Å². The van der Waals surface area contributed by atoms with Crippen molar-refractivity contribution in [3.05, 3.63) is 29.7 Å². The SMILES string of the molecule is CCOC(=O)c1c(N)c2cc(F)ccc2n1C(=O)C(F)(F)F. The van der Waals surface area contributed by atoms with Crippen LogP contribution in [0.2, 0.25) is 0 Å². The molecule has 1 aromatic carbocycles. The Hall–Kier alpha value is -2.58. The highest BCUT2D eigenvalue weighted by molar-refractivity contribution is 6.11. The lowest BCUT2D eigenvalue weighted by molar-refractivity contribution is -0.0944. The minimum Gasteiger partial charge on any atom is -0.461 e. The summed E-state index contributed by atoms with van der Waals surface area (Å²) < 4.78 is 56.2. The fraction of sp³-hybridized carbons (Fsp3) is 0.231. The maximum atomic E-state index is 13.3. The minimum absolute atomic E-state index is 0.0993. The van der Waals surface area contributed by atoms with E-state index in [0.717, 1.165) is 18.2 Å². The van der Waals surface area contributed by atoms with Gasteiger partial charge in [0.1, 0.15) is 5.82 Å². The fourth-order valence-electron chi connectivity index (χ4n) is 2.03. The first-order chi connectivity index (χ1) is 10.2. The van der Waals surface area contributed by atoms with Crippen LogP contribution in [0.15, 0.2) is 18.2 Å². The molecule has 2 N–H and O–H groups in total. The number of nitrogen functional groups attached to an aromatic ring is 1. The van der Waals surface area contributed by atoms with Crippen LogP contribution < -0.4 is 5.73 Å². The van der Waals surface area contributed by atoms with Gasteiger partial charge in [-0.1, -0.05) is 0 Å². The lowest BCUT2D eigenvalue weighted by atomic mass is 10.2. The molecule has 0 aliphatic rings. The first-order valence-electron chi connectivity index (χ1n) is 6.06. The Kier molecular flexibility index (Phi) is 3.82. The average molecular weight is 318 g/mol. The number of rotatable bonds is 2. The lowest BCUT2D eigenvalue weighted by Crippen LogP contribution is -2.31. The van der Waals surface area contributed by atoms with E-state index in [4.69, 9.17) is 5.73 Å². The molecule has 118 valence electrons. The highest BCUT2D eigenvalue weighted by atomic mass is 19.4. The highest BCUT2D eigenvalue weighted by Crippen LogP contribution is 2.32. The fourth-order valence-corrected chi connectivity index (χ4v) is 2.03. The second-order valence-electron chi connectivity index (χ2n) is 4.28. The summed E-state index contributed by atoms with van der Waals surface area (Å²) in [5.41, 5.74) is 4.06. The van der Waals surface area contributed by atoms with Crippen LogP contribution >= 0.6 is 0 Å². The second kappa shape index (κ2) is 5.32. The van der Waals surface area contributed by atoms with Crippen molar-refractivity contribution in [3.8, 4) is 0 Å². The van der Waals surface area contributed by atoms with Crippen molar-refractivity contribution in [1.29, 1.82) is 0 Å². The van der Waals surface area contributed by atoms with Crippen LogP contribution in [0, 0.1) is 5.82 Å². The van der Waals surface area contributed by atoms with Crippen LogP contribution in [0.4, 0.5) is 23.2 Å². The molecule has 0 fully saturated rings. The summed E-state index contributed by atoms with van der Waals surface area (Å²) in [5, 5.41) is -0.180. The lowest BCUT2D eigenvalue weighted by Gasteiger charge is -2.11. The molecule has 0 radical (unpaired) electrons. The number of halogens is 4. The molecule has 5 nitrogen and oxygen atoms in total. The molecule has 1 aromatic heterocycles. The van der Waals surface area contributed by atoms with Crippen molar-refractivity contribution in [1.82, 2.24) is 4.57 Å². The monoisotopic (exact) mass is 318 g/mol. The van der Waals surface area contributed by atoms with Crippen molar-refractivity contribution in [2.45, 2.75) is 13.1 Å². The number of esters is 1. The van der Waals surface area contributed by atoms with Gasteiger partial charge in [0.05, 0.1) is 17.8 Å². The summed E-state index contributed by atoms with van der Waals surface area (Å²) >= 11 is 0. The molecule has 0 saturated carbocycles. The van der Waals surface area contributed by atoms with Crippen molar-refractivity contribution >= 4 is 28.5 Å². The molecule has 2 rings (SSSR count). The predicted molar refractivity (Wildman–Crippen MR) is 68.9 cm³/mol. The number of carbonyl (C=O) groups excluding carboxylic acids is 2. The Labute approximate surface area is 121 Å². The molecular formula is C13H10F4N2O3. The third kappa shape index (κ3) is 2.49. The highest BCUT2D eigenvalue weighted by Gasteiger charge is 2.43. The normalized spacial score (nSPS) is 11.7. The van der Waals surface area contributed by atoms with E-state index in [-0.39, 0.29) is 22.1 Å². The Balaban J connectivity index is 2.83. The number of carbonyl (C=O) groups is 2. The maximum Gasteiger partial charge on any atom is 0.472 e. The van der Waals surface area contributed by atoms with E-state index in [1.807, 2.05) is 0 Å². The number of alkyl halides is 3. The van der Waals surface area contributed by atoms with Crippen LogP contribution in [0.25, 0.3) is 10.9 Å². The van der Waals surface area contributed by atoms with Crippen LogP contribution in [0.5, 0.6) is 0 Å². The quantitative estimate of drug-likeness (QED) is 0.682. The van der Waals surface area contributed by atoms with Gasteiger partial charge in [-0.2, -0.15) is 13.2 Å². The van der Waals surface area contributed by atoms with Gasteiger partial charge in [-0.3, -0.25) is 9.36 Å². The van der Waals surface area contributed by atoms with Crippen LogP contribution in [-0.2, 0) is 4.74 Å². The number of benzene rings is 1. The Morgan fingerprint density at radius 1 is 1.32 bits per heavy atom. The van der Waals surface area contributed by atoms with Gasteiger partial charge in [-0.25, -0.2) is 9.18 Å². The average Bonchev–Trinajstić information content (AvgIpc) is 2.70. The Morgan fingerprint density at radius 3 is 2.50 bits per heavy atom. The smallest absolute Gasteiger partial charge is 0.461 e. The standard InChI is InChI=1S/C13H10F4N2O3/c1-2-22-11(20)10-9(18)7-5-6(14)3-4-8(7)19(10)12(21)13(15,16)17/h3-5H,2,18H2,1H3. The molecule has 0 aliphatic carbocycles. The third-order valence-electron chi connectivity index (χ3n) is 2.88. The third-order valence-corrected chi connectivity index (χ3v) is 2.88. The van der Waals surface area contributed by atoms with Gasteiger partial charge >= 0.3 is 18.1 Å². The summed E-state index contributed by atoms with van der Waals surface area (Å²) in [4.78, 5) is 23.4. The Morgan fingerprint density at radius 2 is 1.95 bits per heavy atom. The van der Waals surface area contributed by atoms with E-state index in [0.29, 0.717) is 0 Å². The van der Waals surface area contributed by atoms with Gasteiger partial charge in [-0.05, 0) is 25.1 Å². The van der Waals surface area contributed by atoms with Crippen LogP contribution in [0.1, 0.15) is 22.2 Å². The molecule has 0 aliphatic heterocycles. The zero-order chi connectivity index (χ0) is 16.7. The van der Waals surface area contributed by atoms with E-state index in [1.54, 1.807) is 0 Å². The molecule has 9 heteroatoms. The van der Waals surface area contributed by atoms with E-state index < -0.39 is 35.3 Å². The van der Waals surface area contributed by atoms with E-state index in [9.17, 15) is 27.2 Å². The zero-order valence-electron chi connectivity index (χ0n) is 11.2. The van der Waals surface area contributed by atoms with Crippen LogP contribution in [-0.4, -0.2) is 29.2 Å². The number of aromatic nitrogens is 1. The van der Waals surface area contributed by atoms with Crippen molar-refractivity contribution in [3.63, 3.8) is 0 Å². The molecule has 0 saturated heterocycles. The first kappa shape index (κ1) is 15.8. The van der Waals surface area contributed by atoms with E-state index in [2.05, 4.69) is 4.74 Å². The van der Waals surface area contributed by atoms with Gasteiger partial charge in [0.2, 0.25) is 0 Å². The summed E-state index contributed by atoms with van der Waals surface area (Å²) in [6.07, 6.45) is -5.24. The second-order valence-corrected chi connectivity index (χ2v) is 4.28. The minimum atomic E-state index is -5.24. The van der Waals surface area contributed by atoms with Crippen molar-refractivity contribution < 1.29 is 31.9 Å². The number of nitrogens with two attached hydrogens (primary N) is 1. The number of fused-ring (bicyclic) bond motifs is 1. The first-order valence-corrected chi connectivity index (χ1v) is 6.06. The topological polar surface area (TPSA) is 74.3 Å². The van der Waals surface area contributed by atoms with Crippen LogP contribution in [0.3, 0.4) is 0 Å². The van der Waals surface area contributed by atoms with E-state index >= 15 is 0 Å². The van der Waals surface area contributed by atoms with Gasteiger partial charge in [0, 0.05) is 5.39 Å². The summed E-state index contributed by atoms with van der Waals surface area (Å²) in [6.45, 7) is 1.31. The molecule has 0 unspecified atom stereocenters. The number of hydrogen-bond donors (Lipinski definition) is 1. The summed E-state index contributed by atoms with van der Waals surface area (Å²) in [7, 11) is 0. The predicted octanol–water partition coefficient (Wildman–Crippen LogP) is 2.74. The van der Waals surface area contributed by atoms with E-state index in [1.165, 1.54) is 6.92 Å². The van der Waals surface area contributed by atoms with Gasteiger partial charge in [0.15, 0.2) is 5.69 Å². The largest absolute Gasteiger partial charge is 0.472 e. The van der Waals surface area contributed by atoms with Crippen molar-refractivity contribution in [2.75, 3.05) is 12.3 Å². The molecule has 1 heterocycles. The molecule has 2 aromatic rings. The summed E-state index contributed by atoms with van der Waals surface area (Å²) in [6, 6.07) is 2.64. The molecule has 0 spiro atoms. The Bertz CT molecular complexity index is 765. The number of nitrogens with zero attached hydrogens (tertiary/aromatic N) is 1. The van der Waals surface area contributed by atoms with Crippen molar-refractivity contribution in [2.24, 2.45) is 0 Å². The molecule has 22 heavy (non-hydrogen) atoms. The number of hydrogen-bond acceptors (Lipinski definition) is 4. The number of anilines is 1.